The molecule has 0 bridgehead atoms. The number of benzene rings is 1. The summed E-state index contributed by atoms with van der Waals surface area (Å²) in [6.45, 7) is 0.0424. The molecule has 27 heavy (non-hydrogen) atoms. The second-order valence-corrected chi connectivity index (χ2v) is 8.28. The van der Waals surface area contributed by atoms with Gasteiger partial charge in [-0.25, -0.2) is 0 Å². The van der Waals surface area contributed by atoms with E-state index in [0.29, 0.717) is 9.23 Å². The van der Waals surface area contributed by atoms with E-state index in [4.69, 9.17) is 17.3 Å². The van der Waals surface area contributed by atoms with Crippen LogP contribution in [0.3, 0.4) is 0 Å². The lowest BCUT2D eigenvalue weighted by Gasteiger charge is -2.12. The van der Waals surface area contributed by atoms with Crippen LogP contribution < -0.4 is 0 Å². The number of amides is 1. The lowest BCUT2D eigenvalue weighted by molar-refractivity contribution is -0.384. The van der Waals surface area contributed by atoms with Crippen LogP contribution in [0.1, 0.15) is 11.3 Å². The minimum atomic E-state index is -0.993. The number of carboxylic acids is 1. The molecular formula is C17H12N2O5S3. The largest absolute Gasteiger partial charge is 0.481 e. The molecule has 3 rings (SSSR count). The molecule has 1 N–H and O–H groups in total. The van der Waals surface area contributed by atoms with Crippen LogP contribution in [-0.2, 0) is 9.59 Å². The molecule has 10 heteroatoms. The van der Waals surface area contributed by atoms with E-state index in [9.17, 15) is 19.7 Å². The lowest BCUT2D eigenvalue weighted by atomic mass is 10.2. The molecule has 0 saturated carbocycles. The number of nitro benzene ring substituents is 1. The molecule has 0 atom stereocenters. The predicted molar refractivity (Wildman–Crippen MR) is 109 cm³/mol. The van der Waals surface area contributed by atoms with Crippen molar-refractivity contribution in [3.8, 4) is 10.4 Å². The van der Waals surface area contributed by atoms with Crippen molar-refractivity contribution in [3.05, 3.63) is 56.3 Å². The van der Waals surface area contributed by atoms with Crippen molar-refractivity contribution in [2.45, 2.75) is 6.42 Å². The Hall–Kier alpha value is -2.56. The van der Waals surface area contributed by atoms with E-state index < -0.39 is 10.9 Å². The average molecular weight is 420 g/mol. The van der Waals surface area contributed by atoms with Gasteiger partial charge in [-0.3, -0.25) is 24.6 Å². The van der Waals surface area contributed by atoms with E-state index >= 15 is 0 Å². The number of hydrogen-bond acceptors (Lipinski definition) is 7. The number of thiocarbonyl (C=S) groups is 1. The predicted octanol–water partition coefficient (Wildman–Crippen LogP) is 4.00. The van der Waals surface area contributed by atoms with Crippen LogP contribution >= 0.6 is 35.3 Å². The SMILES string of the molecule is O=C(O)CCN1C(=O)/C(=C\c2ccc(-c3cccc([N+](=O)[O-])c3)s2)SC1=S. The van der Waals surface area contributed by atoms with Crippen LogP contribution in [0.15, 0.2) is 41.3 Å². The molecule has 2 aromatic rings. The Morgan fingerprint density at radius 2 is 2.11 bits per heavy atom. The minimum Gasteiger partial charge on any atom is -0.481 e. The number of aliphatic carboxylic acids is 1. The summed E-state index contributed by atoms with van der Waals surface area (Å²) in [7, 11) is 0. The minimum absolute atomic E-state index is 0.0155. The van der Waals surface area contributed by atoms with E-state index in [1.807, 2.05) is 12.1 Å². The maximum absolute atomic E-state index is 12.4. The van der Waals surface area contributed by atoms with Crippen molar-refractivity contribution in [2.75, 3.05) is 6.54 Å². The Balaban J connectivity index is 1.80. The number of rotatable bonds is 6. The van der Waals surface area contributed by atoms with Crippen molar-refractivity contribution in [2.24, 2.45) is 0 Å². The van der Waals surface area contributed by atoms with E-state index in [2.05, 4.69) is 0 Å². The van der Waals surface area contributed by atoms with Gasteiger partial charge < -0.3 is 5.11 Å². The summed E-state index contributed by atoms with van der Waals surface area (Å²) in [6.07, 6.45) is 1.53. The molecule has 0 spiro atoms. The van der Waals surface area contributed by atoms with Gasteiger partial charge in [0.1, 0.15) is 4.32 Å². The molecule has 1 amide bonds. The second-order valence-electron chi connectivity index (χ2n) is 5.49. The zero-order chi connectivity index (χ0) is 19.6. The highest BCUT2D eigenvalue weighted by atomic mass is 32.2. The Morgan fingerprint density at radius 1 is 1.33 bits per heavy atom. The first-order chi connectivity index (χ1) is 12.8. The zero-order valence-corrected chi connectivity index (χ0v) is 16.1. The smallest absolute Gasteiger partial charge is 0.305 e. The number of hydrogen-bond donors (Lipinski definition) is 1. The summed E-state index contributed by atoms with van der Waals surface area (Å²) >= 11 is 7.69. The Kier molecular flexibility index (Phi) is 5.68. The fourth-order valence-electron chi connectivity index (χ4n) is 2.39. The standard InChI is InChI=1S/C17H12N2O5S3/c20-15(21)6-7-18-16(22)14(27-17(18)25)9-12-4-5-13(26-12)10-2-1-3-11(8-10)19(23)24/h1-5,8-9H,6-7H2,(H,20,21)/b14-9+. The van der Waals surface area contributed by atoms with E-state index in [1.54, 1.807) is 18.2 Å². The topological polar surface area (TPSA) is 101 Å². The Morgan fingerprint density at radius 3 is 2.81 bits per heavy atom. The second kappa shape index (κ2) is 7.99. The molecule has 1 aliphatic heterocycles. The van der Waals surface area contributed by atoms with Gasteiger partial charge in [0.2, 0.25) is 0 Å². The summed E-state index contributed by atoms with van der Waals surface area (Å²) in [6, 6.07) is 10.00. The summed E-state index contributed by atoms with van der Waals surface area (Å²) in [5, 5.41) is 19.7. The third-order valence-electron chi connectivity index (χ3n) is 3.66. The lowest BCUT2D eigenvalue weighted by Crippen LogP contribution is -2.30. The normalized spacial score (nSPS) is 15.6. The number of nitro groups is 1. The molecule has 0 unspecified atom stereocenters. The van der Waals surface area contributed by atoms with Gasteiger partial charge in [-0.15, -0.1) is 11.3 Å². The molecule has 0 aliphatic carbocycles. The molecule has 1 aromatic heterocycles. The summed E-state index contributed by atoms with van der Waals surface area (Å²) < 4.78 is 0.336. The highest BCUT2D eigenvalue weighted by Gasteiger charge is 2.32. The average Bonchev–Trinajstić information content (AvgIpc) is 3.19. The van der Waals surface area contributed by atoms with Crippen LogP contribution in [0.5, 0.6) is 0 Å². The quantitative estimate of drug-likeness (QED) is 0.326. The maximum atomic E-state index is 12.4. The van der Waals surface area contributed by atoms with Gasteiger partial charge in [-0.05, 0) is 23.8 Å². The molecule has 1 saturated heterocycles. The van der Waals surface area contributed by atoms with Gasteiger partial charge in [-0.1, -0.05) is 36.1 Å². The van der Waals surface area contributed by atoms with Crippen molar-refractivity contribution in [1.29, 1.82) is 0 Å². The third kappa shape index (κ3) is 4.41. The van der Waals surface area contributed by atoms with Crippen LogP contribution in [0, 0.1) is 10.1 Å². The van der Waals surface area contributed by atoms with Crippen LogP contribution in [0.2, 0.25) is 0 Å². The van der Waals surface area contributed by atoms with Crippen molar-refractivity contribution in [1.82, 2.24) is 4.90 Å². The fourth-order valence-corrected chi connectivity index (χ4v) is 4.71. The van der Waals surface area contributed by atoms with Gasteiger partial charge in [0.15, 0.2) is 0 Å². The number of carbonyl (C=O) groups is 2. The van der Waals surface area contributed by atoms with Crippen LogP contribution in [-0.4, -0.2) is 37.7 Å². The summed E-state index contributed by atoms with van der Waals surface area (Å²) in [5.74, 6) is -1.30. The first-order valence-corrected chi connectivity index (χ1v) is 9.71. The molecular weight excluding hydrogens is 408 g/mol. The van der Waals surface area contributed by atoms with Crippen molar-refractivity contribution in [3.63, 3.8) is 0 Å². The van der Waals surface area contributed by atoms with E-state index in [0.717, 1.165) is 27.1 Å². The highest BCUT2D eigenvalue weighted by molar-refractivity contribution is 8.26. The number of carboxylic acid groups (broad SMARTS) is 1. The van der Waals surface area contributed by atoms with E-state index in [-0.39, 0.29) is 24.6 Å². The van der Waals surface area contributed by atoms with Crippen molar-refractivity contribution >= 4 is 63.3 Å². The number of non-ortho nitro benzene ring substituents is 1. The first kappa shape index (κ1) is 19.2. The van der Waals surface area contributed by atoms with E-state index in [1.165, 1.54) is 28.4 Å². The summed E-state index contributed by atoms with van der Waals surface area (Å²) in [4.78, 5) is 36.9. The number of thioether (sulfide) groups is 1. The van der Waals surface area contributed by atoms with Gasteiger partial charge in [0, 0.05) is 28.4 Å². The number of nitrogens with zero attached hydrogens (tertiary/aromatic N) is 2. The Bertz CT molecular complexity index is 982. The van der Waals surface area contributed by atoms with Crippen molar-refractivity contribution < 1.29 is 19.6 Å². The van der Waals surface area contributed by atoms with Gasteiger partial charge in [-0.2, -0.15) is 0 Å². The highest BCUT2D eigenvalue weighted by Crippen LogP contribution is 2.36. The first-order valence-electron chi connectivity index (χ1n) is 7.67. The molecule has 7 nitrogen and oxygen atoms in total. The Labute approximate surface area is 167 Å². The van der Waals surface area contributed by atoms with Gasteiger partial charge >= 0.3 is 5.97 Å². The molecule has 1 aromatic carbocycles. The molecule has 138 valence electrons. The maximum Gasteiger partial charge on any atom is 0.305 e. The summed E-state index contributed by atoms with van der Waals surface area (Å²) in [5.41, 5.74) is 0.740. The number of thiophene rings is 1. The monoisotopic (exact) mass is 420 g/mol. The third-order valence-corrected chi connectivity index (χ3v) is 6.12. The molecule has 1 aliphatic rings. The van der Waals surface area contributed by atoms with Crippen LogP contribution in [0.4, 0.5) is 5.69 Å². The van der Waals surface area contributed by atoms with Crippen LogP contribution in [0.25, 0.3) is 16.5 Å². The van der Waals surface area contributed by atoms with Gasteiger partial charge in [0.05, 0.1) is 16.2 Å². The van der Waals surface area contributed by atoms with Gasteiger partial charge in [0.25, 0.3) is 11.6 Å². The molecule has 0 radical (unpaired) electrons. The number of carbonyl (C=O) groups excluding carboxylic acids is 1. The molecule has 1 fully saturated rings. The zero-order valence-electron chi connectivity index (χ0n) is 13.7. The fraction of sp³-hybridized carbons (Fsp3) is 0.118. The molecule has 2 heterocycles.